The minimum Gasteiger partial charge on any atom is -0.378 e. The monoisotopic (exact) mass is 325 g/mol. The SMILES string of the molecule is Fc1ccc(NC(=S)N2CC3(C2)CN(C2COC2)C3)cc1F. The molecule has 7 heteroatoms. The first-order valence-corrected chi connectivity index (χ1v) is 7.78. The van der Waals surface area contributed by atoms with E-state index in [9.17, 15) is 8.78 Å². The first-order valence-electron chi connectivity index (χ1n) is 7.37. The zero-order valence-corrected chi connectivity index (χ0v) is 12.8. The van der Waals surface area contributed by atoms with Crippen LogP contribution in [0.1, 0.15) is 0 Å². The smallest absolute Gasteiger partial charge is 0.173 e. The second kappa shape index (κ2) is 5.11. The van der Waals surface area contributed by atoms with Crippen LogP contribution in [0.15, 0.2) is 18.2 Å². The number of halogens is 2. The normalized spacial score (nSPS) is 23.6. The fourth-order valence-electron chi connectivity index (χ4n) is 3.39. The Bertz CT molecular complexity index is 609. The number of hydrogen-bond donors (Lipinski definition) is 1. The molecule has 118 valence electrons. The van der Waals surface area contributed by atoms with Crippen molar-refractivity contribution in [1.82, 2.24) is 9.80 Å². The van der Waals surface area contributed by atoms with E-state index in [-0.39, 0.29) is 0 Å². The Labute approximate surface area is 133 Å². The van der Waals surface area contributed by atoms with Crippen molar-refractivity contribution in [2.75, 3.05) is 44.7 Å². The summed E-state index contributed by atoms with van der Waals surface area (Å²) in [5.74, 6) is -1.72. The van der Waals surface area contributed by atoms with Crippen LogP contribution in [-0.2, 0) is 4.74 Å². The Hall–Kier alpha value is -1.31. The van der Waals surface area contributed by atoms with Gasteiger partial charge in [0.2, 0.25) is 0 Å². The van der Waals surface area contributed by atoms with E-state index in [4.69, 9.17) is 17.0 Å². The van der Waals surface area contributed by atoms with Gasteiger partial charge in [-0.25, -0.2) is 8.78 Å². The van der Waals surface area contributed by atoms with E-state index in [1.54, 1.807) is 0 Å². The van der Waals surface area contributed by atoms with Crippen molar-refractivity contribution in [2.45, 2.75) is 6.04 Å². The molecule has 3 heterocycles. The topological polar surface area (TPSA) is 27.7 Å². The van der Waals surface area contributed by atoms with Crippen molar-refractivity contribution >= 4 is 23.0 Å². The number of nitrogens with one attached hydrogen (secondary N) is 1. The van der Waals surface area contributed by atoms with Crippen LogP contribution in [0.5, 0.6) is 0 Å². The third-order valence-electron chi connectivity index (χ3n) is 4.72. The Morgan fingerprint density at radius 3 is 2.50 bits per heavy atom. The van der Waals surface area contributed by atoms with E-state index >= 15 is 0 Å². The summed E-state index contributed by atoms with van der Waals surface area (Å²) in [6.07, 6.45) is 0. The number of hydrogen-bond acceptors (Lipinski definition) is 3. The molecule has 4 rings (SSSR count). The standard InChI is InChI=1S/C15H17F2N3OS/c16-12-2-1-10(3-13(12)17)18-14(22)20-8-15(9-20)6-19(7-15)11-4-21-5-11/h1-3,11H,4-9H2,(H,18,22). The van der Waals surface area contributed by atoms with Crippen molar-refractivity contribution in [3.05, 3.63) is 29.8 Å². The van der Waals surface area contributed by atoms with E-state index in [0.29, 0.717) is 22.3 Å². The molecular formula is C15H17F2N3OS. The number of rotatable bonds is 2. The first kappa shape index (κ1) is 14.3. The van der Waals surface area contributed by atoms with Crippen molar-refractivity contribution in [1.29, 1.82) is 0 Å². The van der Waals surface area contributed by atoms with Gasteiger partial charge in [0.1, 0.15) is 0 Å². The van der Waals surface area contributed by atoms with Crippen molar-refractivity contribution < 1.29 is 13.5 Å². The van der Waals surface area contributed by atoms with Crippen LogP contribution in [0.3, 0.4) is 0 Å². The highest BCUT2D eigenvalue weighted by Crippen LogP contribution is 2.41. The van der Waals surface area contributed by atoms with E-state index in [0.717, 1.165) is 51.5 Å². The predicted octanol–water partition coefficient (Wildman–Crippen LogP) is 1.68. The molecule has 0 aromatic heterocycles. The summed E-state index contributed by atoms with van der Waals surface area (Å²) in [5, 5.41) is 3.54. The molecule has 3 aliphatic heterocycles. The molecule has 0 amide bonds. The van der Waals surface area contributed by atoms with Crippen LogP contribution in [0, 0.1) is 17.0 Å². The Balaban J connectivity index is 1.28. The molecule has 3 saturated heterocycles. The quantitative estimate of drug-likeness (QED) is 0.835. The summed E-state index contributed by atoms with van der Waals surface area (Å²) in [6.45, 7) is 5.77. The lowest BCUT2D eigenvalue weighted by atomic mass is 9.72. The summed E-state index contributed by atoms with van der Waals surface area (Å²) >= 11 is 5.34. The van der Waals surface area contributed by atoms with Crippen molar-refractivity contribution in [2.24, 2.45) is 5.41 Å². The van der Waals surface area contributed by atoms with Crippen LogP contribution in [0.4, 0.5) is 14.5 Å². The van der Waals surface area contributed by atoms with Gasteiger partial charge in [0.25, 0.3) is 0 Å². The molecule has 0 unspecified atom stereocenters. The molecule has 0 saturated carbocycles. The lowest BCUT2D eigenvalue weighted by Gasteiger charge is -2.63. The zero-order valence-electron chi connectivity index (χ0n) is 12.0. The molecule has 3 aliphatic rings. The van der Waals surface area contributed by atoms with Crippen LogP contribution >= 0.6 is 12.2 Å². The molecule has 1 aromatic rings. The van der Waals surface area contributed by atoms with Gasteiger partial charge in [-0.2, -0.15) is 0 Å². The fraction of sp³-hybridized carbons (Fsp3) is 0.533. The second-order valence-corrected chi connectivity index (χ2v) is 6.90. The Morgan fingerprint density at radius 2 is 1.91 bits per heavy atom. The highest BCUT2D eigenvalue weighted by molar-refractivity contribution is 7.80. The number of thiocarbonyl (C=S) groups is 1. The summed E-state index contributed by atoms with van der Waals surface area (Å²) in [4.78, 5) is 4.54. The molecule has 0 radical (unpaired) electrons. The Kier molecular flexibility index (Phi) is 3.32. The highest BCUT2D eigenvalue weighted by Gasteiger charge is 2.54. The summed E-state index contributed by atoms with van der Waals surface area (Å²) in [7, 11) is 0. The highest BCUT2D eigenvalue weighted by atomic mass is 32.1. The van der Waals surface area contributed by atoms with Gasteiger partial charge in [0.05, 0.1) is 19.3 Å². The van der Waals surface area contributed by atoms with Gasteiger partial charge in [0.15, 0.2) is 16.7 Å². The van der Waals surface area contributed by atoms with E-state index in [1.165, 1.54) is 6.07 Å². The molecule has 1 N–H and O–H groups in total. The van der Waals surface area contributed by atoms with Crippen LogP contribution in [0.2, 0.25) is 0 Å². The maximum absolute atomic E-state index is 13.2. The lowest BCUT2D eigenvalue weighted by Crippen LogP contribution is -2.76. The van der Waals surface area contributed by atoms with Gasteiger partial charge in [-0.3, -0.25) is 4.90 Å². The maximum atomic E-state index is 13.2. The number of benzene rings is 1. The Morgan fingerprint density at radius 1 is 1.18 bits per heavy atom. The molecule has 22 heavy (non-hydrogen) atoms. The molecular weight excluding hydrogens is 308 g/mol. The second-order valence-electron chi connectivity index (χ2n) is 6.51. The van der Waals surface area contributed by atoms with Crippen LogP contribution in [-0.4, -0.2) is 60.3 Å². The molecule has 1 spiro atoms. The number of anilines is 1. The maximum Gasteiger partial charge on any atom is 0.173 e. The molecule has 0 bridgehead atoms. The number of likely N-dealkylation sites (tertiary alicyclic amines) is 2. The summed E-state index contributed by atoms with van der Waals surface area (Å²) in [5.41, 5.74) is 0.835. The molecule has 1 aromatic carbocycles. The van der Waals surface area contributed by atoms with E-state index in [2.05, 4.69) is 15.1 Å². The van der Waals surface area contributed by atoms with Crippen molar-refractivity contribution in [3.8, 4) is 0 Å². The third kappa shape index (κ3) is 2.37. The van der Waals surface area contributed by atoms with Gasteiger partial charge in [0, 0.05) is 43.3 Å². The number of nitrogens with zero attached hydrogens (tertiary/aromatic N) is 2. The largest absolute Gasteiger partial charge is 0.378 e. The lowest BCUT2D eigenvalue weighted by molar-refractivity contribution is -0.162. The average molecular weight is 325 g/mol. The van der Waals surface area contributed by atoms with Crippen LogP contribution < -0.4 is 5.32 Å². The van der Waals surface area contributed by atoms with Crippen LogP contribution in [0.25, 0.3) is 0 Å². The summed E-state index contributed by atoms with van der Waals surface area (Å²) in [6, 6.07) is 4.32. The zero-order chi connectivity index (χ0) is 15.3. The van der Waals surface area contributed by atoms with Gasteiger partial charge >= 0.3 is 0 Å². The number of ether oxygens (including phenoxy) is 1. The minimum atomic E-state index is -0.870. The molecule has 0 aliphatic carbocycles. The summed E-state index contributed by atoms with van der Waals surface area (Å²) < 4.78 is 31.3. The van der Waals surface area contributed by atoms with Gasteiger partial charge in [-0.05, 0) is 24.4 Å². The first-order chi connectivity index (χ1) is 10.5. The van der Waals surface area contributed by atoms with Gasteiger partial charge < -0.3 is 15.0 Å². The van der Waals surface area contributed by atoms with Gasteiger partial charge in [-0.15, -0.1) is 0 Å². The van der Waals surface area contributed by atoms with E-state index < -0.39 is 11.6 Å². The van der Waals surface area contributed by atoms with Crippen molar-refractivity contribution in [3.63, 3.8) is 0 Å². The molecule has 3 fully saturated rings. The fourth-order valence-corrected chi connectivity index (χ4v) is 3.64. The molecule has 0 atom stereocenters. The van der Waals surface area contributed by atoms with E-state index in [1.807, 2.05) is 0 Å². The van der Waals surface area contributed by atoms with Gasteiger partial charge in [-0.1, -0.05) is 0 Å². The minimum absolute atomic E-state index is 0.357. The third-order valence-corrected chi connectivity index (χ3v) is 5.08. The molecule has 4 nitrogen and oxygen atoms in total. The average Bonchev–Trinajstić information content (AvgIpc) is 2.32. The predicted molar refractivity (Wildman–Crippen MR) is 82.8 cm³/mol.